The van der Waals surface area contributed by atoms with Crippen LogP contribution < -0.4 is 11.1 Å². The molecular formula is C35H27F8N5O3. The average Bonchev–Trinajstić information content (AvgIpc) is 3.67. The van der Waals surface area contributed by atoms with E-state index in [0.717, 1.165) is 24.3 Å². The van der Waals surface area contributed by atoms with E-state index in [4.69, 9.17) is 5.73 Å². The van der Waals surface area contributed by atoms with E-state index < -0.39 is 100 Å². The van der Waals surface area contributed by atoms with Crippen LogP contribution in [0.15, 0.2) is 48.5 Å². The van der Waals surface area contributed by atoms with Gasteiger partial charge in [0.05, 0.1) is 17.3 Å². The molecule has 0 radical (unpaired) electrons. The molecule has 0 spiro atoms. The summed E-state index contributed by atoms with van der Waals surface area (Å²) >= 11 is 0. The number of aromatic nitrogens is 3. The molecule has 2 aliphatic rings. The lowest BCUT2D eigenvalue weighted by Gasteiger charge is -2.23. The van der Waals surface area contributed by atoms with Crippen molar-refractivity contribution in [2.45, 2.75) is 62.9 Å². The normalized spacial score (nSPS) is 17.9. The monoisotopic (exact) mass is 717 g/mol. The van der Waals surface area contributed by atoms with E-state index >= 15 is 8.78 Å². The van der Waals surface area contributed by atoms with E-state index in [1.807, 2.05) is 0 Å². The van der Waals surface area contributed by atoms with Gasteiger partial charge in [0.1, 0.15) is 41.0 Å². The van der Waals surface area contributed by atoms with Gasteiger partial charge in [0.25, 0.3) is 11.8 Å². The largest absolute Gasteiger partial charge is 0.435 e. The number of nitrogens with one attached hydrogen (secondary N) is 1. The predicted molar refractivity (Wildman–Crippen MR) is 164 cm³/mol. The molecule has 4 aromatic rings. The molecule has 0 bridgehead atoms. The van der Waals surface area contributed by atoms with Crippen LogP contribution in [0.4, 0.5) is 35.1 Å². The highest BCUT2D eigenvalue weighted by Gasteiger charge is 2.68. The fraction of sp³-hybridized carbons (Fsp3) is 0.314. The van der Waals surface area contributed by atoms with Gasteiger partial charge in [-0.1, -0.05) is 12.0 Å². The van der Waals surface area contributed by atoms with Crippen molar-refractivity contribution in [2.24, 2.45) is 11.7 Å². The van der Waals surface area contributed by atoms with E-state index in [2.05, 4.69) is 27.2 Å². The number of fused-ring (bicyclic) bond motifs is 3. The lowest BCUT2D eigenvalue weighted by atomic mass is 9.94. The molecular weight excluding hydrogens is 690 g/mol. The number of alkyl halides is 5. The molecule has 2 heterocycles. The average molecular weight is 718 g/mol. The Bertz CT molecular complexity index is 2130. The summed E-state index contributed by atoms with van der Waals surface area (Å²) in [7, 11) is 0. The Balaban J connectivity index is 1.46. The molecule has 0 unspecified atom stereocenters. The Morgan fingerprint density at radius 1 is 1.08 bits per heavy atom. The molecule has 1 saturated carbocycles. The Hall–Kier alpha value is -5.30. The number of carbonyl (C=O) groups is 2. The number of hydrogen-bond donors (Lipinski definition) is 3. The molecule has 0 saturated heterocycles. The van der Waals surface area contributed by atoms with Gasteiger partial charge in [0, 0.05) is 23.1 Å². The summed E-state index contributed by atoms with van der Waals surface area (Å²) < 4.78 is 115. The number of hydrogen-bond acceptors (Lipinski definition) is 5. The minimum Gasteiger partial charge on any atom is -0.378 e. The Morgan fingerprint density at radius 3 is 2.39 bits per heavy atom. The third-order valence-electron chi connectivity index (χ3n) is 8.49. The number of rotatable bonds is 8. The second kappa shape index (κ2) is 12.5. The maximum absolute atomic E-state index is 15.2. The second-order valence-corrected chi connectivity index (χ2v) is 12.9. The zero-order valence-corrected chi connectivity index (χ0v) is 26.7. The Labute approximate surface area is 284 Å². The zero-order valence-electron chi connectivity index (χ0n) is 26.7. The summed E-state index contributed by atoms with van der Waals surface area (Å²) in [6.45, 7) is 1.69. The molecule has 16 heteroatoms. The van der Waals surface area contributed by atoms with Crippen molar-refractivity contribution >= 4 is 11.8 Å². The summed E-state index contributed by atoms with van der Waals surface area (Å²) in [4.78, 5) is 30.1. The van der Waals surface area contributed by atoms with Gasteiger partial charge < -0.3 is 16.2 Å². The van der Waals surface area contributed by atoms with E-state index in [-0.39, 0.29) is 34.5 Å². The van der Waals surface area contributed by atoms with Crippen LogP contribution in [0.1, 0.15) is 76.5 Å². The van der Waals surface area contributed by atoms with Gasteiger partial charge in [0.2, 0.25) is 5.91 Å². The van der Waals surface area contributed by atoms with Gasteiger partial charge >= 0.3 is 6.18 Å². The van der Waals surface area contributed by atoms with E-state index in [9.17, 15) is 41.0 Å². The van der Waals surface area contributed by atoms with E-state index in [0.29, 0.717) is 10.7 Å². The number of nitrogens with zero attached hydrogens (tertiary/aromatic N) is 3. The smallest absolute Gasteiger partial charge is 0.378 e. The van der Waals surface area contributed by atoms with Crippen molar-refractivity contribution in [3.8, 4) is 23.0 Å². The predicted octanol–water partition coefficient (Wildman–Crippen LogP) is 5.91. The lowest BCUT2D eigenvalue weighted by Crippen LogP contribution is -2.35. The third-order valence-corrected chi connectivity index (χ3v) is 8.49. The maximum Gasteiger partial charge on any atom is 0.435 e. The van der Waals surface area contributed by atoms with Gasteiger partial charge in [0.15, 0.2) is 5.69 Å². The highest BCUT2D eigenvalue weighted by Crippen LogP contribution is 2.68. The van der Waals surface area contributed by atoms with Crippen molar-refractivity contribution in [1.29, 1.82) is 0 Å². The third kappa shape index (κ3) is 7.16. The van der Waals surface area contributed by atoms with E-state index in [1.165, 1.54) is 32.0 Å². The number of amides is 2. The van der Waals surface area contributed by atoms with Crippen LogP contribution in [-0.2, 0) is 29.9 Å². The molecule has 8 nitrogen and oxygen atoms in total. The summed E-state index contributed by atoms with van der Waals surface area (Å²) in [6, 6.07) is 7.20. The fourth-order valence-corrected chi connectivity index (χ4v) is 6.30. The van der Waals surface area contributed by atoms with Crippen molar-refractivity contribution < 1.29 is 49.8 Å². The number of nitrogens with two attached hydrogens (primary N) is 1. The van der Waals surface area contributed by atoms with Crippen LogP contribution in [0, 0.1) is 35.2 Å². The van der Waals surface area contributed by atoms with Gasteiger partial charge in [-0.25, -0.2) is 18.2 Å². The first-order valence-electron chi connectivity index (χ1n) is 15.4. The second-order valence-electron chi connectivity index (χ2n) is 12.9. The van der Waals surface area contributed by atoms with Crippen molar-refractivity contribution in [3.05, 3.63) is 105 Å². The summed E-state index contributed by atoms with van der Waals surface area (Å²) in [6.07, 6.45) is -5.65. The van der Waals surface area contributed by atoms with Crippen LogP contribution in [0.25, 0.3) is 11.1 Å². The van der Waals surface area contributed by atoms with Gasteiger partial charge in [-0.2, -0.15) is 27.1 Å². The molecule has 2 aromatic heterocycles. The molecule has 2 aliphatic carbocycles. The van der Waals surface area contributed by atoms with Crippen molar-refractivity contribution in [3.63, 3.8) is 0 Å². The number of carbonyl (C=O) groups excluding carboxylic acids is 2. The molecule has 266 valence electrons. The van der Waals surface area contributed by atoms with Crippen molar-refractivity contribution in [1.82, 2.24) is 20.1 Å². The van der Waals surface area contributed by atoms with E-state index in [1.54, 1.807) is 0 Å². The molecule has 4 N–H and O–H groups in total. The van der Waals surface area contributed by atoms with Crippen LogP contribution >= 0.6 is 0 Å². The molecule has 3 atom stereocenters. The Morgan fingerprint density at radius 2 is 1.76 bits per heavy atom. The number of halogens is 8. The van der Waals surface area contributed by atoms with Gasteiger partial charge in [-0.3, -0.25) is 14.3 Å². The lowest BCUT2D eigenvalue weighted by molar-refractivity contribution is -0.142. The van der Waals surface area contributed by atoms with Crippen LogP contribution in [-0.4, -0.2) is 37.3 Å². The van der Waals surface area contributed by atoms with Crippen LogP contribution in [0.2, 0.25) is 0 Å². The van der Waals surface area contributed by atoms with Gasteiger partial charge in [-0.05, 0) is 86.1 Å². The minimum atomic E-state index is -5.08. The number of benzene rings is 2. The molecule has 2 amide bonds. The molecule has 2 aromatic carbocycles. The number of pyridine rings is 1. The molecule has 0 aliphatic heterocycles. The van der Waals surface area contributed by atoms with Crippen molar-refractivity contribution in [2.75, 3.05) is 0 Å². The fourth-order valence-electron chi connectivity index (χ4n) is 6.30. The quantitative estimate of drug-likeness (QED) is 0.155. The molecule has 6 rings (SSSR count). The molecule has 51 heavy (non-hydrogen) atoms. The van der Waals surface area contributed by atoms with Crippen LogP contribution in [0.5, 0.6) is 0 Å². The minimum absolute atomic E-state index is 0.0105. The topological polar surface area (TPSA) is 123 Å². The van der Waals surface area contributed by atoms with Crippen LogP contribution in [0.3, 0.4) is 0 Å². The first-order valence-corrected chi connectivity index (χ1v) is 15.4. The number of aliphatic hydroxyl groups is 1. The zero-order chi connectivity index (χ0) is 37.2. The standard InChI is InChI=1S/C35H27F8N5O3/c1-33(2,51)8-7-20-4-5-21(17-3-6-25(38)23(12-17)32(44)50)29(45-20)26(11-16-9-18(36)13-19(37)10-16)46-27(49)15-48-31-28(30(47-48)35(41,42)43)22-14-24(22)34(31,39)40/h3-6,9-10,12-13,22,24,26,51H,11,14-15H2,1-2H3,(H2,44,50)(H,46,49)/t22-,24+,26-/m0/s1. The maximum atomic E-state index is 15.2. The summed E-state index contributed by atoms with van der Waals surface area (Å²) in [5, 5.41) is 16.0. The first kappa shape index (κ1) is 35.5. The molecule has 1 fully saturated rings. The number of primary amides is 1. The first-order chi connectivity index (χ1) is 23.7. The highest BCUT2D eigenvalue weighted by molar-refractivity contribution is 5.94. The Kier molecular flexibility index (Phi) is 8.69. The summed E-state index contributed by atoms with van der Waals surface area (Å²) in [5.74, 6) is -6.03. The SMILES string of the molecule is CC(C)(O)C#Cc1ccc(-c2ccc(F)c(C(N)=O)c2)c([C@H](Cc2cc(F)cc(F)c2)NC(=O)Cn2nc(C(F)(F)F)c3c2C(F)(F)[C@@H]2C[C@H]32)n1. The van der Waals surface area contributed by atoms with Gasteiger partial charge in [-0.15, -0.1) is 0 Å². The summed E-state index contributed by atoms with van der Waals surface area (Å²) in [5.41, 5.74) is 0.322. The highest BCUT2D eigenvalue weighted by atomic mass is 19.4.